The number of rotatable bonds is 4. The van der Waals surface area contributed by atoms with Gasteiger partial charge in [-0.15, -0.1) is 0 Å². The topological polar surface area (TPSA) is 29.1 Å². The Hall–Kier alpha value is 1.12. The number of hydrogen-bond donors (Lipinski definition) is 1. The fraction of sp³-hybridized carbons (Fsp3) is 1.00. The van der Waals surface area contributed by atoms with Gasteiger partial charge in [0.05, 0.1) is 0 Å². The Kier molecular flexibility index (Phi) is 5.44. The first-order valence-electron chi connectivity index (χ1n) is 2.88. The third-order valence-electron chi connectivity index (χ3n) is 0.935. The van der Waals surface area contributed by atoms with Crippen molar-refractivity contribution in [2.24, 2.45) is 0 Å². The second-order valence-corrected chi connectivity index (χ2v) is 7.96. The summed E-state index contributed by atoms with van der Waals surface area (Å²) in [6, 6.07) is 0. The Morgan fingerprint density at radius 3 is 2.50 bits per heavy atom. The van der Waals surface area contributed by atoms with E-state index >= 15 is 0 Å². The lowest BCUT2D eigenvalue weighted by molar-refractivity contribution is 0.591. The highest BCUT2D eigenvalue weighted by molar-refractivity contribution is 8.16. The molecule has 0 saturated carbocycles. The van der Waals surface area contributed by atoms with Crippen molar-refractivity contribution in [3.63, 3.8) is 0 Å². The van der Waals surface area contributed by atoms with Crippen LogP contribution in [0.3, 0.4) is 0 Å². The molecule has 0 aromatic carbocycles. The lowest BCUT2D eigenvalue weighted by Crippen LogP contribution is -2.01. The van der Waals surface area contributed by atoms with Crippen LogP contribution in [0.5, 0.6) is 0 Å². The van der Waals surface area contributed by atoms with Crippen LogP contribution in [0.15, 0.2) is 0 Å². The lowest BCUT2D eigenvalue weighted by atomic mass is 10.4. The summed E-state index contributed by atoms with van der Waals surface area (Å²) in [5, 5.41) is 0.380. The summed E-state index contributed by atoms with van der Waals surface area (Å²) < 4.78 is 13.1. The Morgan fingerprint density at radius 1 is 1.70 bits per heavy atom. The molecule has 0 aliphatic rings. The smallest absolute Gasteiger partial charge is 0.270 e. The molecule has 2 nitrogen and oxygen atoms in total. The molecule has 0 aliphatic carbocycles. The van der Waals surface area contributed by atoms with E-state index in [0.717, 1.165) is 6.42 Å². The molecule has 1 unspecified atom stereocenters. The van der Waals surface area contributed by atoms with Crippen molar-refractivity contribution < 1.29 is 4.57 Å². The Morgan fingerprint density at radius 2 is 2.20 bits per heavy atom. The normalized spacial score (nSPS) is 15.2. The Bertz CT molecular complexity index is 139. The molecule has 0 radical (unpaired) electrons. The van der Waals surface area contributed by atoms with Gasteiger partial charge in [0.15, 0.2) is 0 Å². The predicted molar refractivity (Wildman–Crippen MR) is 49.8 cm³/mol. The minimum atomic E-state index is -3.08. The van der Waals surface area contributed by atoms with Crippen LogP contribution >= 0.6 is 40.4 Å². The molecule has 0 spiro atoms. The Balaban J connectivity index is 3.46. The third kappa shape index (κ3) is 7.23. The molecular formula is C4H10Cl2NOPS. The van der Waals surface area contributed by atoms with E-state index < -0.39 is 6.00 Å². The second kappa shape index (κ2) is 4.89. The highest BCUT2D eigenvalue weighted by Crippen LogP contribution is 2.54. The van der Waals surface area contributed by atoms with Gasteiger partial charge in [-0.1, -0.05) is 25.8 Å². The first kappa shape index (κ1) is 11.1. The average Bonchev–Trinajstić information content (AvgIpc) is 1.81. The fourth-order valence-electron chi connectivity index (χ4n) is 0.235. The SMILES string of the molecule is CCC(C)SNP(=O)(Cl)Cl. The average molecular weight is 222 g/mol. The third-order valence-corrected chi connectivity index (χ3v) is 4.18. The molecule has 62 valence electrons. The van der Waals surface area contributed by atoms with Crippen molar-refractivity contribution in [1.29, 1.82) is 0 Å². The summed E-state index contributed by atoms with van der Waals surface area (Å²) in [5.41, 5.74) is 0. The van der Waals surface area contributed by atoms with Crippen molar-refractivity contribution in [3.8, 4) is 0 Å². The molecule has 0 fully saturated rings. The zero-order valence-electron chi connectivity index (χ0n) is 5.80. The van der Waals surface area contributed by atoms with Crippen molar-refractivity contribution in [3.05, 3.63) is 0 Å². The van der Waals surface area contributed by atoms with Crippen LogP contribution in [0.4, 0.5) is 0 Å². The maximum absolute atomic E-state index is 10.6. The van der Waals surface area contributed by atoms with Crippen molar-refractivity contribution in [1.82, 2.24) is 4.49 Å². The molecule has 0 aliphatic heterocycles. The standard InChI is InChI=1S/C4H10Cl2NOPS/c1-3-4(2)10-7-9(5,6)8/h4H,3H2,1-2H3,(H,7,8). The summed E-state index contributed by atoms with van der Waals surface area (Å²) in [6.45, 7) is 4.04. The minimum Gasteiger partial charge on any atom is -0.270 e. The van der Waals surface area contributed by atoms with E-state index in [9.17, 15) is 4.57 Å². The summed E-state index contributed by atoms with van der Waals surface area (Å²) in [5.74, 6) is -3.08. The maximum Gasteiger partial charge on any atom is 0.328 e. The first-order valence-corrected chi connectivity index (χ1v) is 7.27. The quantitative estimate of drug-likeness (QED) is 0.581. The van der Waals surface area contributed by atoms with Gasteiger partial charge in [0.25, 0.3) is 0 Å². The monoisotopic (exact) mass is 221 g/mol. The second-order valence-electron chi connectivity index (χ2n) is 1.89. The number of nitrogens with one attached hydrogen (secondary N) is 1. The van der Waals surface area contributed by atoms with Crippen LogP contribution < -0.4 is 4.49 Å². The summed E-state index contributed by atoms with van der Waals surface area (Å²) in [6.07, 6.45) is 0.992. The van der Waals surface area contributed by atoms with Gasteiger partial charge in [0.1, 0.15) is 0 Å². The van der Waals surface area contributed by atoms with E-state index in [-0.39, 0.29) is 0 Å². The molecular weight excluding hydrogens is 212 g/mol. The van der Waals surface area contributed by atoms with Gasteiger partial charge >= 0.3 is 6.00 Å². The molecule has 0 rings (SSSR count). The minimum absolute atomic E-state index is 0.380. The molecule has 0 aromatic rings. The maximum atomic E-state index is 10.6. The van der Waals surface area contributed by atoms with Gasteiger partial charge in [-0.3, -0.25) is 4.57 Å². The van der Waals surface area contributed by atoms with Gasteiger partial charge in [-0.25, -0.2) is 0 Å². The molecule has 0 heterocycles. The van der Waals surface area contributed by atoms with Gasteiger partial charge in [0, 0.05) is 5.25 Å². The largest absolute Gasteiger partial charge is 0.328 e. The van der Waals surface area contributed by atoms with Crippen molar-refractivity contribution >= 4 is 40.4 Å². The highest BCUT2D eigenvalue weighted by Gasteiger charge is 2.13. The highest BCUT2D eigenvalue weighted by atomic mass is 35.9. The van der Waals surface area contributed by atoms with E-state index in [0.29, 0.717) is 5.25 Å². The summed E-state index contributed by atoms with van der Waals surface area (Å²) in [4.78, 5) is 0. The van der Waals surface area contributed by atoms with Gasteiger partial charge in [-0.05, 0) is 28.9 Å². The van der Waals surface area contributed by atoms with Crippen molar-refractivity contribution in [2.45, 2.75) is 25.5 Å². The van der Waals surface area contributed by atoms with Gasteiger partial charge in [-0.2, -0.15) is 4.49 Å². The van der Waals surface area contributed by atoms with Crippen LogP contribution in [0.2, 0.25) is 0 Å². The molecule has 0 amide bonds. The van der Waals surface area contributed by atoms with E-state index in [2.05, 4.69) is 4.49 Å². The van der Waals surface area contributed by atoms with Crippen LogP contribution in [0, 0.1) is 0 Å². The fourth-order valence-corrected chi connectivity index (χ4v) is 2.33. The van der Waals surface area contributed by atoms with Crippen molar-refractivity contribution in [2.75, 3.05) is 0 Å². The Labute approximate surface area is 75.2 Å². The van der Waals surface area contributed by atoms with Gasteiger partial charge in [0.2, 0.25) is 0 Å². The van der Waals surface area contributed by atoms with E-state index in [1.165, 1.54) is 11.9 Å². The summed E-state index contributed by atoms with van der Waals surface area (Å²) in [7, 11) is 0. The van der Waals surface area contributed by atoms with E-state index in [1.807, 2.05) is 13.8 Å². The molecule has 1 atom stereocenters. The number of halogens is 2. The molecule has 0 aromatic heterocycles. The molecule has 10 heavy (non-hydrogen) atoms. The zero-order chi connectivity index (χ0) is 8.20. The summed E-state index contributed by atoms with van der Waals surface area (Å²) >= 11 is 11.8. The zero-order valence-corrected chi connectivity index (χ0v) is 9.03. The number of hydrogen-bond acceptors (Lipinski definition) is 2. The van der Waals surface area contributed by atoms with E-state index in [4.69, 9.17) is 22.5 Å². The van der Waals surface area contributed by atoms with Crippen LogP contribution in [-0.2, 0) is 4.57 Å². The molecule has 1 N–H and O–H groups in total. The van der Waals surface area contributed by atoms with Crippen LogP contribution in [0.1, 0.15) is 20.3 Å². The lowest BCUT2D eigenvalue weighted by Gasteiger charge is -2.08. The predicted octanol–water partition coefficient (Wildman–Crippen LogP) is 3.61. The van der Waals surface area contributed by atoms with Crippen LogP contribution in [0.25, 0.3) is 0 Å². The molecule has 0 bridgehead atoms. The first-order chi connectivity index (χ1) is 4.45. The van der Waals surface area contributed by atoms with Gasteiger partial charge < -0.3 is 0 Å². The molecule has 6 heteroatoms. The molecule has 0 saturated heterocycles. The van der Waals surface area contributed by atoms with Crippen LogP contribution in [-0.4, -0.2) is 5.25 Å². The van der Waals surface area contributed by atoms with E-state index in [1.54, 1.807) is 0 Å².